The van der Waals surface area contributed by atoms with Gasteiger partial charge in [-0.25, -0.2) is 9.22 Å². The number of fused-ring (bicyclic) bond motifs is 1. The van der Waals surface area contributed by atoms with Crippen LogP contribution < -0.4 is 104 Å². The van der Waals surface area contributed by atoms with Crippen molar-refractivity contribution in [3.63, 3.8) is 0 Å². The van der Waals surface area contributed by atoms with Crippen molar-refractivity contribution in [1.82, 2.24) is 20.4 Å². The number of nitrogens with zero attached hydrogens (tertiary/aromatic N) is 3. The molecule has 0 fully saturated rings. The minimum atomic E-state index is -2.86. The van der Waals surface area contributed by atoms with Gasteiger partial charge in [-0.15, -0.1) is 0 Å². The van der Waals surface area contributed by atoms with Crippen molar-refractivity contribution < 1.29 is 131 Å². The van der Waals surface area contributed by atoms with Crippen molar-refractivity contribution in [2.24, 2.45) is 5.84 Å². The third-order valence-corrected chi connectivity index (χ3v) is 1.90. The Morgan fingerprint density at radius 2 is 1.46 bits per heavy atom. The minimum Gasteiger partial charge on any atom is -1.00 e. The second kappa shape index (κ2) is 20.4. The molecule has 0 radical (unpaired) electrons. The Balaban J connectivity index is -0.000000142. The quantitative estimate of drug-likeness (QED) is 0.118. The summed E-state index contributed by atoms with van der Waals surface area (Å²) < 4.78 is 24.1. The van der Waals surface area contributed by atoms with E-state index in [4.69, 9.17) is 29.4 Å². The molecule has 0 aliphatic rings. The SMILES string of the molecule is NN(CC(=O)O)CC(=O)O.O=S([O-])O.[Br-].[K+].[Na+].c1ccc2n[nH]nc2c1. The van der Waals surface area contributed by atoms with E-state index in [1.807, 2.05) is 24.3 Å². The zero-order valence-electron chi connectivity index (χ0n) is 13.9. The average molecular weight is 490 g/mol. The maximum Gasteiger partial charge on any atom is 1.00 e. The van der Waals surface area contributed by atoms with E-state index in [0.717, 1.165) is 11.0 Å². The van der Waals surface area contributed by atoms with Crippen LogP contribution in [-0.2, 0) is 21.0 Å². The van der Waals surface area contributed by atoms with Crippen molar-refractivity contribution in [3.8, 4) is 0 Å². The number of carboxylic acids is 2. The summed E-state index contributed by atoms with van der Waals surface area (Å²) in [6.07, 6.45) is 0. The topological polar surface area (TPSA) is 206 Å². The average Bonchev–Trinajstić information content (AvgIpc) is 2.84. The summed E-state index contributed by atoms with van der Waals surface area (Å²) in [5, 5.41) is 27.2. The standard InChI is InChI=1S/C6H5N3.C4H8N2O4.BrH.K.Na.H2O3S/c1-2-4-6-5(3-1)7-9-8-6;5-6(1-3(7)8)2-4(9)10;;;;1-4(2)3/h1-4H,(H,7,8,9);1-2,5H2,(H,7,8)(H,9,10);1H;;;(H2,1,2,3)/q;;;2*+1;/p-2. The normalized spacial score (nSPS) is 9.69. The largest absolute Gasteiger partial charge is 1.00 e. The smallest absolute Gasteiger partial charge is 1.00 e. The van der Waals surface area contributed by atoms with E-state index in [1.165, 1.54) is 0 Å². The summed E-state index contributed by atoms with van der Waals surface area (Å²) in [7, 11) is 0. The molecule has 0 saturated carbocycles. The van der Waals surface area contributed by atoms with Crippen LogP contribution in [0.25, 0.3) is 11.0 Å². The minimum absolute atomic E-state index is 0. The second-order valence-corrected chi connectivity index (χ2v) is 4.16. The Morgan fingerprint density at radius 1 is 1.15 bits per heavy atom. The third-order valence-electron chi connectivity index (χ3n) is 1.90. The molecule has 0 amide bonds. The third kappa shape index (κ3) is 21.0. The number of aromatic nitrogens is 3. The summed E-state index contributed by atoms with van der Waals surface area (Å²) in [6, 6.07) is 7.70. The van der Waals surface area contributed by atoms with Crippen LogP contribution in [0, 0.1) is 0 Å². The first-order chi connectivity index (χ1) is 10.7. The van der Waals surface area contributed by atoms with Crippen molar-refractivity contribution in [2.75, 3.05) is 13.1 Å². The predicted molar refractivity (Wildman–Crippen MR) is 76.5 cm³/mol. The fraction of sp³-hybridized carbons (Fsp3) is 0.200. The van der Waals surface area contributed by atoms with Gasteiger partial charge in [-0.05, 0) is 12.1 Å². The molecule has 136 valence electrons. The molecule has 2 rings (SSSR count). The van der Waals surface area contributed by atoms with Gasteiger partial charge in [0.05, 0.1) is 11.4 Å². The van der Waals surface area contributed by atoms with Crippen LogP contribution in [0.1, 0.15) is 0 Å². The molecule has 6 N–H and O–H groups in total. The summed E-state index contributed by atoms with van der Waals surface area (Å²) in [5.74, 6) is 2.65. The zero-order chi connectivity index (χ0) is 17.8. The fourth-order valence-corrected chi connectivity index (χ4v) is 1.19. The van der Waals surface area contributed by atoms with Gasteiger partial charge in [-0.2, -0.15) is 15.4 Å². The maximum absolute atomic E-state index is 9.88. The van der Waals surface area contributed by atoms with Crippen LogP contribution in [0.3, 0.4) is 0 Å². The molecule has 0 bridgehead atoms. The number of carboxylic acid groups (broad SMARTS) is 2. The van der Waals surface area contributed by atoms with E-state index in [-0.39, 0.29) is 97.9 Å². The molecule has 0 saturated heterocycles. The van der Waals surface area contributed by atoms with Gasteiger partial charge in [0, 0.05) is 0 Å². The molecule has 2 aromatic rings. The first-order valence-electron chi connectivity index (χ1n) is 5.69. The molecule has 16 heteroatoms. The van der Waals surface area contributed by atoms with Gasteiger partial charge in [0.2, 0.25) is 0 Å². The van der Waals surface area contributed by atoms with Crippen molar-refractivity contribution in [2.45, 2.75) is 0 Å². The molecule has 12 nitrogen and oxygen atoms in total. The maximum atomic E-state index is 9.88. The Hall–Kier alpha value is 0.666. The molecular weight excluding hydrogens is 476 g/mol. The van der Waals surface area contributed by atoms with E-state index < -0.39 is 36.4 Å². The molecule has 1 heterocycles. The molecule has 0 spiro atoms. The van der Waals surface area contributed by atoms with Crippen LogP contribution in [0.4, 0.5) is 0 Å². The van der Waals surface area contributed by atoms with Gasteiger partial charge in [0.25, 0.3) is 0 Å². The van der Waals surface area contributed by atoms with E-state index in [1.54, 1.807) is 0 Å². The van der Waals surface area contributed by atoms with Gasteiger partial charge in [-0.1, -0.05) is 12.1 Å². The number of hydrazine groups is 1. The van der Waals surface area contributed by atoms with E-state index >= 15 is 0 Å². The monoisotopic (exact) mass is 489 g/mol. The molecule has 1 unspecified atom stereocenters. The number of aliphatic carboxylic acids is 2. The predicted octanol–water partition coefficient (Wildman–Crippen LogP) is -10.4. The fourth-order valence-electron chi connectivity index (χ4n) is 1.19. The van der Waals surface area contributed by atoms with Crippen LogP contribution in [0.5, 0.6) is 0 Å². The van der Waals surface area contributed by atoms with Crippen LogP contribution >= 0.6 is 0 Å². The van der Waals surface area contributed by atoms with Gasteiger partial charge in [0.1, 0.15) is 24.1 Å². The van der Waals surface area contributed by atoms with Crippen LogP contribution in [0.15, 0.2) is 24.3 Å². The van der Waals surface area contributed by atoms with Gasteiger partial charge < -0.3 is 36.3 Å². The number of hydrogen-bond acceptors (Lipinski definition) is 8. The first kappa shape index (κ1) is 34.2. The van der Waals surface area contributed by atoms with Crippen LogP contribution in [0.2, 0.25) is 0 Å². The number of hydrogen-bond donors (Lipinski definition) is 5. The molecule has 26 heavy (non-hydrogen) atoms. The number of carbonyl (C=O) groups is 2. The van der Waals surface area contributed by atoms with E-state index in [0.29, 0.717) is 5.01 Å². The first-order valence-corrected chi connectivity index (χ1v) is 6.72. The molecule has 1 atom stereocenters. The number of benzene rings is 1. The number of aromatic amines is 1. The summed E-state index contributed by atoms with van der Waals surface area (Å²) in [4.78, 5) is 19.8. The van der Waals surface area contributed by atoms with Gasteiger partial charge in [0.15, 0.2) is 0 Å². The Bertz CT molecular complexity index is 617. The van der Waals surface area contributed by atoms with Gasteiger partial charge in [-0.3, -0.25) is 15.4 Å². The van der Waals surface area contributed by atoms with Crippen molar-refractivity contribution >= 4 is 34.3 Å². The van der Waals surface area contributed by atoms with Crippen molar-refractivity contribution in [1.29, 1.82) is 0 Å². The Morgan fingerprint density at radius 3 is 1.73 bits per heavy atom. The van der Waals surface area contributed by atoms with Gasteiger partial charge >= 0.3 is 92.9 Å². The molecule has 1 aromatic carbocycles. The molecule has 0 aliphatic heterocycles. The van der Waals surface area contributed by atoms with E-state index in [9.17, 15) is 9.59 Å². The summed E-state index contributed by atoms with van der Waals surface area (Å²) in [6.45, 7) is -0.932. The number of nitrogens with two attached hydrogens (primary N) is 1. The number of halogens is 1. The summed E-state index contributed by atoms with van der Waals surface area (Å²) in [5.41, 5.74) is 1.83. The number of para-hydroxylation sites is 2. The summed E-state index contributed by atoms with van der Waals surface area (Å²) >= 11 is -2.86. The zero-order valence-corrected chi connectivity index (χ0v) is 21.4. The number of H-pyrrole nitrogens is 1. The number of rotatable bonds is 4. The Labute approximate surface area is 225 Å². The van der Waals surface area contributed by atoms with Crippen LogP contribution in [-0.4, -0.2) is 69.0 Å². The van der Waals surface area contributed by atoms with E-state index in [2.05, 4.69) is 15.4 Å². The molecule has 0 aliphatic carbocycles. The Kier molecular flexibility index (Phi) is 26.8. The second-order valence-electron chi connectivity index (χ2n) is 3.72. The molecular formula is C10H14BrKN5NaO7S. The van der Waals surface area contributed by atoms with Crippen molar-refractivity contribution in [3.05, 3.63) is 24.3 Å². The number of nitrogens with one attached hydrogen (secondary N) is 1. The molecule has 1 aromatic heterocycles.